The second-order valence-electron chi connectivity index (χ2n) is 8.16. The fraction of sp³-hybridized carbons (Fsp3) is 0. The largest absolute Gasteiger partial charge is 0.397 e. The van der Waals surface area contributed by atoms with Gasteiger partial charge >= 0.3 is 0 Å². The minimum atomic E-state index is -3.97. The van der Waals surface area contributed by atoms with Crippen molar-refractivity contribution in [3.63, 3.8) is 0 Å². The van der Waals surface area contributed by atoms with Crippen molar-refractivity contribution in [2.75, 3.05) is 11.5 Å². The number of nitrogens with two attached hydrogens (primary N) is 2. The first-order valence-corrected chi connectivity index (χ1v) is 12.6. The normalized spacial score (nSPS) is 11.7. The first-order valence-electron chi connectivity index (χ1n) is 11.2. The number of nitro groups is 2. The number of aliphatic imine (C=N–C) groups is 2. The molecule has 0 saturated carbocycles. The smallest absolute Gasteiger partial charge is 0.269 e. The van der Waals surface area contributed by atoms with E-state index < -0.39 is 19.7 Å². The Bertz CT molecular complexity index is 1610. The lowest BCUT2D eigenvalue weighted by atomic mass is 10.2. The molecule has 0 aromatic heterocycles. The van der Waals surface area contributed by atoms with Crippen molar-refractivity contribution in [2.24, 2.45) is 9.98 Å². The van der Waals surface area contributed by atoms with Crippen LogP contribution >= 0.6 is 0 Å². The summed E-state index contributed by atoms with van der Waals surface area (Å²) in [6, 6.07) is 19.7. The summed E-state index contributed by atoms with van der Waals surface area (Å²) in [4.78, 5) is 28.9. The van der Waals surface area contributed by atoms with Gasteiger partial charge in [0.05, 0.1) is 42.4 Å². The minimum Gasteiger partial charge on any atom is -0.397 e. The number of hydrogen-bond acceptors (Lipinski definition) is 10. The lowest BCUT2D eigenvalue weighted by Crippen LogP contribution is -2.04. The van der Waals surface area contributed by atoms with E-state index in [2.05, 4.69) is 9.98 Å². The Balaban J connectivity index is 1.52. The van der Waals surface area contributed by atoms with Gasteiger partial charge in [-0.2, -0.15) is 0 Å². The molecule has 4 rings (SSSR count). The van der Waals surface area contributed by atoms with Gasteiger partial charge < -0.3 is 11.5 Å². The highest BCUT2D eigenvalue weighted by Crippen LogP contribution is 2.32. The fourth-order valence-corrected chi connectivity index (χ4v) is 4.75. The lowest BCUT2D eigenvalue weighted by molar-refractivity contribution is -0.385. The van der Waals surface area contributed by atoms with Crippen molar-refractivity contribution in [2.45, 2.75) is 9.79 Å². The number of non-ortho nitro benzene ring substituents is 2. The van der Waals surface area contributed by atoms with Gasteiger partial charge in [-0.15, -0.1) is 0 Å². The van der Waals surface area contributed by atoms with Crippen molar-refractivity contribution < 1.29 is 18.3 Å². The molecule has 0 spiro atoms. The average Bonchev–Trinajstić information content (AvgIpc) is 2.92. The number of hydrogen-bond donors (Lipinski definition) is 2. The van der Waals surface area contributed by atoms with Crippen molar-refractivity contribution >= 4 is 56.4 Å². The van der Waals surface area contributed by atoms with Gasteiger partial charge in [-0.1, -0.05) is 0 Å². The zero-order chi connectivity index (χ0) is 28.2. The van der Waals surface area contributed by atoms with E-state index in [1.54, 1.807) is 0 Å². The number of sulfone groups is 1. The Morgan fingerprint density at radius 1 is 0.615 bits per heavy atom. The Morgan fingerprint density at radius 2 is 0.974 bits per heavy atom. The third-order valence-electron chi connectivity index (χ3n) is 5.53. The summed E-state index contributed by atoms with van der Waals surface area (Å²) in [5.41, 5.74) is 14.1. The third-order valence-corrected chi connectivity index (χ3v) is 7.28. The molecule has 4 aromatic carbocycles. The molecule has 39 heavy (non-hydrogen) atoms. The van der Waals surface area contributed by atoms with Gasteiger partial charge in [0.15, 0.2) is 0 Å². The average molecular weight is 545 g/mol. The highest BCUT2D eigenvalue weighted by molar-refractivity contribution is 7.91. The van der Waals surface area contributed by atoms with Crippen LogP contribution in [0.15, 0.2) is 105 Å². The zero-order valence-corrected chi connectivity index (χ0v) is 20.9. The van der Waals surface area contributed by atoms with Crippen molar-refractivity contribution in [3.8, 4) is 0 Å². The van der Waals surface area contributed by atoms with Gasteiger partial charge in [-0.05, 0) is 71.8 Å². The molecule has 0 fully saturated rings. The van der Waals surface area contributed by atoms with Gasteiger partial charge in [0.1, 0.15) is 0 Å². The number of anilines is 2. The molecule has 4 N–H and O–H groups in total. The van der Waals surface area contributed by atoms with E-state index >= 15 is 0 Å². The van der Waals surface area contributed by atoms with Crippen LogP contribution in [0.25, 0.3) is 0 Å². The van der Waals surface area contributed by atoms with Crippen LogP contribution in [0.3, 0.4) is 0 Å². The molecule has 0 aliphatic carbocycles. The predicted octanol–water partition coefficient (Wildman–Crippen LogP) is 5.00. The number of nitrogens with zero attached hydrogens (tertiary/aromatic N) is 4. The summed E-state index contributed by atoms with van der Waals surface area (Å²) in [6.45, 7) is 0. The quantitative estimate of drug-likeness (QED) is 0.134. The molecule has 196 valence electrons. The number of nitrogen functional groups attached to an aromatic ring is 2. The van der Waals surface area contributed by atoms with Crippen LogP contribution < -0.4 is 11.5 Å². The molecule has 0 atom stereocenters. The van der Waals surface area contributed by atoms with Crippen LogP contribution in [-0.4, -0.2) is 30.7 Å². The van der Waals surface area contributed by atoms with Crippen LogP contribution in [0.5, 0.6) is 0 Å². The van der Waals surface area contributed by atoms with Crippen LogP contribution in [0.4, 0.5) is 34.1 Å². The Hall–Kier alpha value is -5.43. The van der Waals surface area contributed by atoms with E-state index in [0.29, 0.717) is 22.5 Å². The maximum Gasteiger partial charge on any atom is 0.269 e. The SMILES string of the molecule is Nc1cc(S(=O)(=O)c2ccc(N=Cc3ccc([N+](=O)[O-])cc3)c(N)c2)ccc1N=Cc1ccc([N+](=O)[O-])cc1. The van der Waals surface area contributed by atoms with Gasteiger partial charge in [-0.3, -0.25) is 30.2 Å². The topological polar surface area (TPSA) is 197 Å². The summed E-state index contributed by atoms with van der Waals surface area (Å²) in [7, 11) is -3.97. The Kier molecular flexibility index (Phi) is 7.44. The zero-order valence-electron chi connectivity index (χ0n) is 20.0. The molecule has 0 amide bonds. The second-order valence-corrected chi connectivity index (χ2v) is 10.1. The summed E-state index contributed by atoms with van der Waals surface area (Å²) >= 11 is 0. The lowest BCUT2D eigenvalue weighted by Gasteiger charge is -2.09. The molecule has 0 saturated heterocycles. The Morgan fingerprint density at radius 3 is 1.28 bits per heavy atom. The molecular formula is C26H20N6O6S. The van der Waals surface area contributed by atoms with Crippen molar-refractivity contribution in [3.05, 3.63) is 116 Å². The van der Waals surface area contributed by atoms with Gasteiger partial charge in [0.25, 0.3) is 11.4 Å². The van der Waals surface area contributed by atoms with E-state index in [1.165, 1.54) is 97.4 Å². The molecular weight excluding hydrogens is 524 g/mol. The molecule has 0 heterocycles. The van der Waals surface area contributed by atoms with Crippen LogP contribution in [0.2, 0.25) is 0 Å². The number of benzene rings is 4. The predicted molar refractivity (Wildman–Crippen MR) is 148 cm³/mol. The molecule has 0 bridgehead atoms. The number of nitro benzene ring substituents is 2. The molecule has 12 nitrogen and oxygen atoms in total. The summed E-state index contributed by atoms with van der Waals surface area (Å²) in [6.07, 6.45) is 2.92. The van der Waals surface area contributed by atoms with E-state index in [1.807, 2.05) is 0 Å². The highest BCUT2D eigenvalue weighted by atomic mass is 32.2. The summed E-state index contributed by atoms with van der Waals surface area (Å²) < 4.78 is 26.4. The molecule has 0 radical (unpaired) electrons. The molecule has 0 aliphatic rings. The molecule has 4 aromatic rings. The molecule has 0 aliphatic heterocycles. The Labute approximate surface area is 222 Å². The van der Waals surface area contributed by atoms with Gasteiger partial charge in [0, 0.05) is 36.7 Å². The molecule has 0 unspecified atom stereocenters. The maximum absolute atomic E-state index is 13.2. The minimum absolute atomic E-state index is 0.0498. The van der Waals surface area contributed by atoms with Crippen molar-refractivity contribution in [1.82, 2.24) is 0 Å². The van der Waals surface area contributed by atoms with Gasteiger partial charge in [0.2, 0.25) is 9.84 Å². The monoisotopic (exact) mass is 544 g/mol. The highest BCUT2D eigenvalue weighted by Gasteiger charge is 2.20. The van der Waals surface area contributed by atoms with E-state index in [0.717, 1.165) is 0 Å². The molecule has 13 heteroatoms. The standard InChI is InChI=1S/C26H20N6O6S/c27-23-13-21(9-11-25(23)29-15-17-1-5-19(6-2-17)31(33)34)39(37,38)22-10-12-26(24(28)14-22)30-16-18-3-7-20(8-4-18)32(35)36/h1-16H,27-28H2. The van der Waals surface area contributed by atoms with Crippen molar-refractivity contribution in [1.29, 1.82) is 0 Å². The van der Waals surface area contributed by atoms with Crippen LogP contribution in [-0.2, 0) is 9.84 Å². The van der Waals surface area contributed by atoms with Crippen LogP contribution in [0.1, 0.15) is 11.1 Å². The second kappa shape index (κ2) is 10.9. The summed E-state index contributed by atoms with van der Waals surface area (Å²) in [5, 5.41) is 21.5. The van der Waals surface area contributed by atoms with Gasteiger partial charge in [-0.25, -0.2) is 8.42 Å². The van der Waals surface area contributed by atoms with E-state index in [9.17, 15) is 28.6 Å². The first kappa shape index (κ1) is 26.6. The number of rotatable bonds is 8. The first-order chi connectivity index (χ1) is 18.5. The van der Waals surface area contributed by atoms with E-state index in [-0.39, 0.29) is 32.5 Å². The maximum atomic E-state index is 13.2. The van der Waals surface area contributed by atoms with E-state index in [4.69, 9.17) is 11.5 Å². The fourth-order valence-electron chi connectivity index (χ4n) is 3.42. The summed E-state index contributed by atoms with van der Waals surface area (Å²) in [5.74, 6) is 0. The van der Waals surface area contributed by atoms with Crippen LogP contribution in [0, 0.1) is 20.2 Å². The third kappa shape index (κ3) is 6.11.